The second kappa shape index (κ2) is 22.5. The number of halogens is 3. The van der Waals surface area contributed by atoms with Crippen LogP contribution in [0.4, 0.5) is 13.2 Å². The van der Waals surface area contributed by atoms with E-state index < -0.39 is 11.7 Å². The van der Waals surface area contributed by atoms with Gasteiger partial charge in [-0.2, -0.15) is 18.4 Å². The van der Waals surface area contributed by atoms with Crippen LogP contribution in [0.3, 0.4) is 0 Å². The summed E-state index contributed by atoms with van der Waals surface area (Å²) >= 11 is 1.74. The summed E-state index contributed by atoms with van der Waals surface area (Å²) in [5.74, 6) is 0.0368. The first-order chi connectivity index (χ1) is 20.4. The van der Waals surface area contributed by atoms with Gasteiger partial charge in [0.15, 0.2) is 0 Å². The number of aryl methyl sites for hydroxylation is 3. The molecule has 0 bridgehead atoms. The molecule has 236 valence electrons. The zero-order valence-electron chi connectivity index (χ0n) is 27.2. The average Bonchev–Trinajstić information content (AvgIpc) is 2.93. The van der Waals surface area contributed by atoms with Crippen LogP contribution in [0.5, 0.6) is 0 Å². The predicted octanol–water partition coefficient (Wildman–Crippen LogP) is 11.0. The molecule has 0 aromatic heterocycles. The van der Waals surface area contributed by atoms with E-state index in [1.807, 2.05) is 32.9 Å². The Kier molecular flexibility index (Phi) is 20.9. The number of alkyl halides is 3. The highest BCUT2D eigenvalue weighted by atomic mass is 32.2. The minimum Gasteiger partial charge on any atom is -0.304 e. The highest BCUT2D eigenvalue weighted by Crippen LogP contribution is 2.33. The highest BCUT2D eigenvalue weighted by Gasteiger charge is 2.31. The van der Waals surface area contributed by atoms with E-state index in [1.165, 1.54) is 23.3 Å². The lowest BCUT2D eigenvalue weighted by Gasteiger charge is -2.20. The molecule has 2 aromatic rings. The van der Waals surface area contributed by atoms with Crippen LogP contribution in [0.1, 0.15) is 99.6 Å². The molecule has 43 heavy (non-hydrogen) atoms. The Morgan fingerprint density at radius 2 is 1.60 bits per heavy atom. The van der Waals surface area contributed by atoms with Crippen molar-refractivity contribution in [2.45, 2.75) is 92.2 Å². The van der Waals surface area contributed by atoms with Gasteiger partial charge < -0.3 is 4.99 Å². The van der Waals surface area contributed by atoms with Crippen LogP contribution in [0.15, 0.2) is 64.7 Å². The molecule has 2 aromatic carbocycles. The van der Waals surface area contributed by atoms with Gasteiger partial charge in [-0.1, -0.05) is 65.5 Å². The highest BCUT2D eigenvalue weighted by molar-refractivity contribution is 8.01. The van der Waals surface area contributed by atoms with Crippen molar-refractivity contribution >= 4 is 24.7 Å². The maximum Gasteiger partial charge on any atom is 0.416 e. The van der Waals surface area contributed by atoms with E-state index in [4.69, 9.17) is 5.26 Å². The van der Waals surface area contributed by atoms with Gasteiger partial charge in [0.1, 0.15) is 0 Å². The van der Waals surface area contributed by atoms with E-state index in [0.717, 1.165) is 60.4 Å². The number of nitriles is 1. The first kappa shape index (κ1) is 40.0. The van der Waals surface area contributed by atoms with Gasteiger partial charge in [0.2, 0.25) is 0 Å². The Morgan fingerprint density at radius 3 is 2.05 bits per heavy atom. The number of hydrogen-bond acceptors (Lipinski definition) is 4. The molecule has 0 atom stereocenters. The molecular formula is C36H50F3N3S. The number of aliphatic imine (C=N–C) groups is 1. The molecule has 0 spiro atoms. The number of allylic oxidation sites excluding steroid dienone is 1. The number of unbranched alkanes of at least 4 members (excludes halogenated alkanes) is 1. The van der Waals surface area contributed by atoms with Gasteiger partial charge in [0, 0.05) is 31.5 Å². The fourth-order valence-corrected chi connectivity index (χ4v) is 5.39. The lowest BCUT2D eigenvalue weighted by molar-refractivity contribution is -0.137. The number of nitrogens with zero attached hydrogens (tertiary/aromatic N) is 3. The molecule has 3 nitrogen and oxygen atoms in total. The SMILES string of the molecule is C=C=C/C(=C/c1ccc(CCc2ccc(C(F)(F)F)cc2C(C)C)c(C)c1)SN(CCC)CCC.C=NC.CCCC#N. The van der Waals surface area contributed by atoms with Crippen molar-refractivity contribution in [1.82, 2.24) is 4.31 Å². The van der Waals surface area contributed by atoms with E-state index in [9.17, 15) is 13.2 Å². The summed E-state index contributed by atoms with van der Waals surface area (Å²) in [5.41, 5.74) is 7.61. The van der Waals surface area contributed by atoms with Gasteiger partial charge in [-0.3, -0.25) is 0 Å². The first-order valence-corrected chi connectivity index (χ1v) is 15.7. The van der Waals surface area contributed by atoms with Crippen molar-refractivity contribution in [3.05, 3.63) is 93.1 Å². The predicted molar refractivity (Wildman–Crippen MR) is 182 cm³/mol. The van der Waals surface area contributed by atoms with Gasteiger partial charge in [-0.15, -0.1) is 5.73 Å². The normalized spacial score (nSPS) is 11.1. The second-order valence-electron chi connectivity index (χ2n) is 10.4. The fourth-order valence-electron chi connectivity index (χ4n) is 4.22. The molecule has 0 heterocycles. The summed E-state index contributed by atoms with van der Waals surface area (Å²) < 4.78 is 41.9. The zero-order valence-corrected chi connectivity index (χ0v) is 28.0. The molecule has 0 unspecified atom stereocenters. The monoisotopic (exact) mass is 613 g/mol. The molecule has 0 radical (unpaired) electrons. The molecule has 0 aliphatic heterocycles. The third kappa shape index (κ3) is 16.4. The maximum atomic E-state index is 13.2. The topological polar surface area (TPSA) is 39.4 Å². The van der Waals surface area contributed by atoms with E-state index in [0.29, 0.717) is 12.8 Å². The average molecular weight is 614 g/mol. The number of hydrogen-bond donors (Lipinski definition) is 0. The first-order valence-electron chi connectivity index (χ1n) is 14.9. The fraction of sp³-hybridized carbons (Fsp3) is 0.472. The Balaban J connectivity index is 0.00000196. The van der Waals surface area contributed by atoms with E-state index >= 15 is 0 Å². The Bertz CT molecular complexity index is 1210. The minimum absolute atomic E-state index is 0.0368. The van der Waals surface area contributed by atoms with E-state index in [-0.39, 0.29) is 5.92 Å². The molecule has 0 amide bonds. The third-order valence-electron chi connectivity index (χ3n) is 6.22. The van der Waals surface area contributed by atoms with Gasteiger partial charge in [-0.25, -0.2) is 4.31 Å². The summed E-state index contributed by atoms with van der Waals surface area (Å²) in [6.45, 7) is 21.3. The molecular weight excluding hydrogens is 563 g/mol. The standard InChI is InChI=1S/C30H38F3NS.C4H7N.C2H5N/c1-7-10-28(35-34(17-8-2)18-9-3)20-24-11-12-25(23(6)19-24)13-14-26-15-16-27(30(31,32)33)21-29(26)22(4)5;1-2-3-4-5;1-3-2/h10-12,15-16,19-22H,1,8-9,13-14,17-18H2,2-6H3;2-3H2,1H3;1H2,2H3/b28-20-;;. The summed E-state index contributed by atoms with van der Waals surface area (Å²) in [6, 6.07) is 12.6. The molecule has 0 saturated carbocycles. The molecule has 0 aliphatic carbocycles. The molecule has 2 rings (SSSR count). The van der Waals surface area contributed by atoms with Crippen LogP contribution in [0.25, 0.3) is 6.08 Å². The van der Waals surface area contributed by atoms with Crippen LogP contribution in [-0.4, -0.2) is 31.2 Å². The van der Waals surface area contributed by atoms with Crippen LogP contribution in [-0.2, 0) is 19.0 Å². The van der Waals surface area contributed by atoms with Crippen LogP contribution in [0.2, 0.25) is 0 Å². The Morgan fingerprint density at radius 1 is 1.02 bits per heavy atom. The largest absolute Gasteiger partial charge is 0.416 e. The Hall–Kier alpha value is -3.04. The molecule has 0 saturated heterocycles. The summed E-state index contributed by atoms with van der Waals surface area (Å²) in [4.78, 5) is 4.35. The van der Waals surface area contributed by atoms with Crippen molar-refractivity contribution in [3.63, 3.8) is 0 Å². The molecule has 0 N–H and O–H groups in total. The third-order valence-corrected chi connectivity index (χ3v) is 7.29. The summed E-state index contributed by atoms with van der Waals surface area (Å²) in [7, 11) is 1.64. The van der Waals surface area contributed by atoms with Gasteiger partial charge in [0.25, 0.3) is 0 Å². The number of rotatable bonds is 13. The van der Waals surface area contributed by atoms with Crippen LogP contribution < -0.4 is 0 Å². The van der Waals surface area contributed by atoms with Crippen molar-refractivity contribution in [2.75, 3.05) is 20.1 Å². The maximum absolute atomic E-state index is 13.2. The van der Waals surface area contributed by atoms with Crippen molar-refractivity contribution in [2.24, 2.45) is 4.99 Å². The van der Waals surface area contributed by atoms with Crippen molar-refractivity contribution < 1.29 is 13.2 Å². The summed E-state index contributed by atoms with van der Waals surface area (Å²) in [5, 5.41) is 7.82. The second-order valence-corrected chi connectivity index (χ2v) is 11.6. The number of benzene rings is 2. The minimum atomic E-state index is -4.32. The van der Waals surface area contributed by atoms with E-state index in [2.05, 4.69) is 73.4 Å². The van der Waals surface area contributed by atoms with Gasteiger partial charge >= 0.3 is 6.18 Å². The molecule has 0 fully saturated rings. The Labute approximate surface area is 263 Å². The van der Waals surface area contributed by atoms with Gasteiger partial charge in [-0.05, 0) is 116 Å². The van der Waals surface area contributed by atoms with Crippen molar-refractivity contribution in [1.29, 1.82) is 5.26 Å². The lowest BCUT2D eigenvalue weighted by atomic mass is 9.90. The lowest BCUT2D eigenvalue weighted by Crippen LogP contribution is -2.17. The zero-order chi connectivity index (χ0) is 32.8. The van der Waals surface area contributed by atoms with Crippen LogP contribution in [0, 0.1) is 18.3 Å². The van der Waals surface area contributed by atoms with Crippen molar-refractivity contribution in [3.8, 4) is 6.07 Å². The van der Waals surface area contributed by atoms with E-state index in [1.54, 1.807) is 25.1 Å². The van der Waals surface area contributed by atoms with Crippen LogP contribution >= 0.6 is 11.9 Å². The smallest absolute Gasteiger partial charge is 0.304 e. The summed E-state index contributed by atoms with van der Waals surface area (Å²) in [6.07, 6.45) is 5.14. The quantitative estimate of drug-likeness (QED) is 0.0976. The molecule has 0 aliphatic rings. The van der Waals surface area contributed by atoms with Gasteiger partial charge in [0.05, 0.1) is 11.6 Å². The molecule has 7 heteroatoms.